The van der Waals surface area contributed by atoms with E-state index in [1.807, 2.05) is 0 Å². The molecule has 2 saturated heterocycles. The lowest BCUT2D eigenvalue weighted by Gasteiger charge is -2.19. The van der Waals surface area contributed by atoms with Crippen LogP contribution in [0.4, 0.5) is 10.5 Å². The van der Waals surface area contributed by atoms with E-state index in [2.05, 4.69) is 10.6 Å². The molecule has 4 N–H and O–H groups in total. The largest absolute Gasteiger partial charge is 0.381 e. The zero-order valence-electron chi connectivity index (χ0n) is 13.3. The number of nitrogens with two attached hydrogens (primary N) is 1. The molecular formula is C16H21ClN4O3. The summed E-state index contributed by atoms with van der Waals surface area (Å²) in [6.45, 7) is 2.86. The SMILES string of the molecule is NC(CNC(=O)c1cc(N2CCNC2=O)ccc1Cl)C1CCOC1. The van der Waals surface area contributed by atoms with Crippen LogP contribution in [-0.4, -0.2) is 50.8 Å². The number of urea groups is 1. The molecule has 2 aliphatic rings. The van der Waals surface area contributed by atoms with Gasteiger partial charge >= 0.3 is 6.03 Å². The molecule has 24 heavy (non-hydrogen) atoms. The van der Waals surface area contributed by atoms with Crippen LogP contribution >= 0.6 is 11.6 Å². The van der Waals surface area contributed by atoms with Crippen LogP contribution in [0.15, 0.2) is 18.2 Å². The van der Waals surface area contributed by atoms with Crippen molar-refractivity contribution in [2.24, 2.45) is 11.7 Å². The second-order valence-corrected chi connectivity index (χ2v) is 6.45. The highest BCUT2D eigenvalue weighted by atomic mass is 35.5. The minimum Gasteiger partial charge on any atom is -0.381 e. The van der Waals surface area contributed by atoms with Gasteiger partial charge in [-0.1, -0.05) is 11.6 Å². The van der Waals surface area contributed by atoms with E-state index in [0.717, 1.165) is 13.0 Å². The van der Waals surface area contributed by atoms with Gasteiger partial charge in [-0.3, -0.25) is 9.69 Å². The summed E-state index contributed by atoms with van der Waals surface area (Å²) in [5.41, 5.74) is 7.09. The van der Waals surface area contributed by atoms with Crippen LogP contribution in [0.1, 0.15) is 16.8 Å². The van der Waals surface area contributed by atoms with Gasteiger partial charge in [0.05, 0.1) is 17.2 Å². The Labute approximate surface area is 145 Å². The number of nitrogens with one attached hydrogen (secondary N) is 2. The van der Waals surface area contributed by atoms with E-state index >= 15 is 0 Å². The molecule has 0 aliphatic carbocycles. The molecule has 2 atom stereocenters. The molecular weight excluding hydrogens is 332 g/mol. The standard InChI is InChI=1S/C16H21ClN4O3/c17-13-2-1-11(21-5-4-19-16(21)23)7-12(13)15(22)20-8-14(18)10-3-6-24-9-10/h1-2,7,10,14H,3-6,8-9,18H2,(H,19,23)(H,20,22). The third kappa shape index (κ3) is 3.63. The van der Waals surface area contributed by atoms with Gasteiger partial charge < -0.3 is 21.1 Å². The fourth-order valence-corrected chi connectivity index (χ4v) is 3.14. The molecule has 3 amide bonds. The molecule has 1 aromatic carbocycles. The van der Waals surface area contributed by atoms with Crippen molar-refractivity contribution in [2.75, 3.05) is 37.7 Å². The highest BCUT2D eigenvalue weighted by Crippen LogP contribution is 2.24. The number of nitrogens with zero attached hydrogens (tertiary/aromatic N) is 1. The van der Waals surface area contributed by atoms with Crippen LogP contribution in [0.3, 0.4) is 0 Å². The normalized spacial score (nSPS) is 21.7. The summed E-state index contributed by atoms with van der Waals surface area (Å²) in [6, 6.07) is 4.66. The molecule has 1 aromatic rings. The molecule has 2 fully saturated rings. The second-order valence-electron chi connectivity index (χ2n) is 6.05. The Morgan fingerprint density at radius 1 is 1.54 bits per heavy atom. The van der Waals surface area contributed by atoms with Gasteiger partial charge in [-0.15, -0.1) is 0 Å². The first kappa shape index (κ1) is 17.0. The van der Waals surface area contributed by atoms with Crippen molar-refractivity contribution in [3.8, 4) is 0 Å². The van der Waals surface area contributed by atoms with E-state index in [-0.39, 0.29) is 23.9 Å². The molecule has 0 bridgehead atoms. The number of carbonyl (C=O) groups excluding carboxylic acids is 2. The van der Waals surface area contributed by atoms with Crippen LogP contribution in [0.2, 0.25) is 5.02 Å². The number of hydrogen-bond acceptors (Lipinski definition) is 4. The molecule has 0 saturated carbocycles. The molecule has 2 aliphatic heterocycles. The van der Waals surface area contributed by atoms with E-state index in [1.165, 1.54) is 0 Å². The Morgan fingerprint density at radius 3 is 3.04 bits per heavy atom. The molecule has 3 rings (SSSR count). The average molecular weight is 353 g/mol. The van der Waals surface area contributed by atoms with E-state index in [9.17, 15) is 9.59 Å². The third-order valence-electron chi connectivity index (χ3n) is 4.43. The Bertz CT molecular complexity index is 634. The first-order chi connectivity index (χ1) is 11.6. The quantitative estimate of drug-likeness (QED) is 0.735. The van der Waals surface area contributed by atoms with Crippen LogP contribution in [0.25, 0.3) is 0 Å². The maximum Gasteiger partial charge on any atom is 0.321 e. The minimum atomic E-state index is -0.296. The summed E-state index contributed by atoms with van der Waals surface area (Å²) >= 11 is 6.15. The van der Waals surface area contributed by atoms with Gasteiger partial charge in [0.25, 0.3) is 5.91 Å². The first-order valence-corrected chi connectivity index (χ1v) is 8.40. The van der Waals surface area contributed by atoms with E-state index in [0.29, 0.717) is 42.5 Å². The zero-order chi connectivity index (χ0) is 17.1. The lowest BCUT2D eigenvalue weighted by atomic mass is 10.00. The first-order valence-electron chi connectivity index (χ1n) is 8.02. The molecule has 2 unspecified atom stereocenters. The summed E-state index contributed by atoms with van der Waals surface area (Å²) in [4.78, 5) is 25.8. The fourth-order valence-electron chi connectivity index (χ4n) is 2.94. The number of rotatable bonds is 5. The van der Waals surface area contributed by atoms with E-state index in [4.69, 9.17) is 22.1 Å². The maximum absolute atomic E-state index is 12.4. The third-order valence-corrected chi connectivity index (χ3v) is 4.76. The molecule has 130 valence electrons. The van der Waals surface area contributed by atoms with Crippen molar-refractivity contribution >= 4 is 29.2 Å². The Morgan fingerprint density at radius 2 is 2.38 bits per heavy atom. The molecule has 0 radical (unpaired) electrons. The van der Waals surface area contributed by atoms with Crippen molar-refractivity contribution in [3.63, 3.8) is 0 Å². The zero-order valence-corrected chi connectivity index (χ0v) is 14.0. The number of benzene rings is 1. The van der Waals surface area contributed by atoms with Gasteiger partial charge in [0, 0.05) is 43.9 Å². The summed E-state index contributed by atoms with van der Waals surface area (Å²) in [5.74, 6) is -0.0313. The van der Waals surface area contributed by atoms with Crippen LogP contribution < -0.4 is 21.3 Å². The molecule has 0 spiro atoms. The van der Waals surface area contributed by atoms with E-state index in [1.54, 1.807) is 23.1 Å². The summed E-state index contributed by atoms with van der Waals surface area (Å²) in [7, 11) is 0. The molecule has 7 nitrogen and oxygen atoms in total. The van der Waals surface area contributed by atoms with Gasteiger partial charge in [0.15, 0.2) is 0 Å². The van der Waals surface area contributed by atoms with Crippen molar-refractivity contribution in [1.82, 2.24) is 10.6 Å². The smallest absolute Gasteiger partial charge is 0.321 e. The van der Waals surface area contributed by atoms with Crippen molar-refractivity contribution < 1.29 is 14.3 Å². The Balaban J connectivity index is 1.66. The van der Waals surface area contributed by atoms with Gasteiger partial charge in [-0.25, -0.2) is 4.79 Å². The predicted molar refractivity (Wildman–Crippen MR) is 91.4 cm³/mol. The lowest BCUT2D eigenvalue weighted by Crippen LogP contribution is -2.42. The van der Waals surface area contributed by atoms with Gasteiger partial charge in [-0.05, 0) is 24.6 Å². The van der Waals surface area contributed by atoms with Crippen molar-refractivity contribution in [2.45, 2.75) is 12.5 Å². The predicted octanol–water partition coefficient (Wildman–Crippen LogP) is 0.963. The van der Waals surface area contributed by atoms with Crippen molar-refractivity contribution in [3.05, 3.63) is 28.8 Å². The number of anilines is 1. The van der Waals surface area contributed by atoms with E-state index < -0.39 is 0 Å². The highest BCUT2D eigenvalue weighted by molar-refractivity contribution is 6.34. The number of hydrogen-bond donors (Lipinski definition) is 3. The van der Waals surface area contributed by atoms with Crippen LogP contribution in [-0.2, 0) is 4.74 Å². The highest BCUT2D eigenvalue weighted by Gasteiger charge is 2.25. The van der Waals surface area contributed by atoms with Crippen LogP contribution in [0, 0.1) is 5.92 Å². The number of carbonyl (C=O) groups is 2. The second kappa shape index (κ2) is 7.38. The molecule has 0 aromatic heterocycles. The summed E-state index contributed by atoms with van der Waals surface area (Å²) in [6.07, 6.45) is 0.914. The van der Waals surface area contributed by atoms with Crippen molar-refractivity contribution in [1.29, 1.82) is 0 Å². The number of amides is 3. The number of ether oxygens (including phenoxy) is 1. The molecule has 8 heteroatoms. The summed E-state index contributed by atoms with van der Waals surface area (Å²) < 4.78 is 5.31. The Hall–Kier alpha value is -1.83. The monoisotopic (exact) mass is 352 g/mol. The molecule has 2 heterocycles. The van der Waals surface area contributed by atoms with Crippen LogP contribution in [0.5, 0.6) is 0 Å². The maximum atomic E-state index is 12.4. The van der Waals surface area contributed by atoms with Gasteiger partial charge in [0.1, 0.15) is 0 Å². The topological polar surface area (TPSA) is 96.7 Å². The van der Waals surface area contributed by atoms with Gasteiger partial charge in [0.2, 0.25) is 0 Å². The lowest BCUT2D eigenvalue weighted by molar-refractivity contribution is 0.0947. The number of halogens is 1. The average Bonchev–Trinajstić information content (AvgIpc) is 3.24. The van der Waals surface area contributed by atoms with Gasteiger partial charge in [-0.2, -0.15) is 0 Å². The Kier molecular flexibility index (Phi) is 5.23. The minimum absolute atomic E-state index is 0.150. The fraction of sp³-hybridized carbons (Fsp3) is 0.500. The summed E-state index contributed by atoms with van der Waals surface area (Å²) in [5, 5.41) is 5.89.